The average Bonchev–Trinajstić information content (AvgIpc) is 2.40. The van der Waals surface area contributed by atoms with Gasteiger partial charge >= 0.3 is 105 Å². The Morgan fingerprint density at radius 2 is 0.750 bits per heavy atom. The van der Waals surface area contributed by atoms with Gasteiger partial charge in [-0.15, -0.1) is 0 Å². The van der Waals surface area contributed by atoms with Crippen LogP contribution < -0.4 is 0 Å². The molecule has 0 aliphatic carbocycles. The zero-order chi connectivity index (χ0) is 15.2. The van der Waals surface area contributed by atoms with Crippen LogP contribution in [-0.2, 0) is 38.6 Å². The average molecular weight is 280 g/mol. The van der Waals surface area contributed by atoms with Crippen LogP contribution in [0.3, 0.4) is 0 Å². The molecule has 0 saturated carbocycles. The third-order valence-electron chi connectivity index (χ3n) is 0.274. The second kappa shape index (κ2) is 62.4. The first kappa shape index (κ1) is 36.1. The van der Waals surface area contributed by atoms with Gasteiger partial charge in [-0.3, -0.25) is 0 Å². The Bertz CT molecular complexity index is 174. The first-order valence-corrected chi connectivity index (χ1v) is 5.45. The molecule has 0 aromatic carbocycles. The fraction of sp³-hybridized carbons (Fsp3) is 0.444. The molecule has 16 heavy (non-hydrogen) atoms. The summed E-state index contributed by atoms with van der Waals surface area (Å²) in [6, 6.07) is 0. The molecule has 0 aliphatic rings. The van der Waals surface area contributed by atoms with E-state index in [-0.39, 0.29) is 0 Å². The van der Waals surface area contributed by atoms with Crippen LogP contribution in [0.2, 0.25) is 0 Å². The quantitative estimate of drug-likeness (QED) is 0.368. The molecule has 0 fully saturated rings. The summed E-state index contributed by atoms with van der Waals surface area (Å²) in [5.41, 5.74) is 0. The second-order valence-electron chi connectivity index (χ2n) is 2.26. The monoisotopic (exact) mass is 280 g/mol. The Morgan fingerprint density at radius 3 is 0.750 bits per heavy atom. The zero-order valence-electron chi connectivity index (χ0n) is 8.90. The molecule has 0 radical (unpaired) electrons. The second-order valence-corrected chi connectivity index (χ2v) is 4.64. The summed E-state index contributed by atoms with van der Waals surface area (Å²) in [7, 11) is 0. The fourth-order valence-electron chi connectivity index (χ4n) is 0. The molecule has 0 aromatic rings. The molecule has 0 N–H and O–H groups in total. The van der Waals surface area contributed by atoms with Crippen LogP contribution in [-0.4, -0.2) is 5.16 Å². The van der Waals surface area contributed by atoms with Crippen molar-refractivity contribution in [1.82, 2.24) is 0 Å². The van der Waals surface area contributed by atoms with E-state index in [2.05, 4.69) is 69.4 Å². The zero-order valence-corrected chi connectivity index (χ0v) is 11.1. The Labute approximate surface area is 105 Å². The van der Waals surface area contributed by atoms with Gasteiger partial charge in [0, 0.05) is 0 Å². The van der Waals surface area contributed by atoms with E-state index in [4.69, 9.17) is 23.3 Å². The Hall–Kier alpha value is -0.468. The predicted octanol–water partition coefficient (Wildman–Crippen LogP) is 2.01. The van der Waals surface area contributed by atoms with Crippen molar-refractivity contribution in [1.29, 1.82) is 0 Å². The molecular weight excluding hydrogens is 271 g/mol. The first-order chi connectivity index (χ1) is 7.56. The SMILES string of the molecule is CC(C)(C)[P]=[Cr].[C-]#[O+].[C-]#[O+].[C-]#[O+].[C-]#[O+].[C-]#[O+]. The van der Waals surface area contributed by atoms with Crippen molar-refractivity contribution >= 4 is 6.78 Å². The molecule has 0 bridgehead atoms. The van der Waals surface area contributed by atoms with E-state index >= 15 is 0 Å². The van der Waals surface area contributed by atoms with E-state index in [0.717, 1.165) is 0 Å². The Kier molecular flexibility index (Phi) is 141. The molecule has 5 nitrogen and oxygen atoms in total. The summed E-state index contributed by atoms with van der Waals surface area (Å²) in [5, 5.41) is 0.458. The molecule has 0 spiro atoms. The third-order valence-corrected chi connectivity index (χ3v) is 3.39. The summed E-state index contributed by atoms with van der Waals surface area (Å²) in [4.78, 5) is 0. The fourth-order valence-corrected chi connectivity index (χ4v) is 0. The van der Waals surface area contributed by atoms with E-state index in [0.29, 0.717) is 5.16 Å². The van der Waals surface area contributed by atoms with Crippen LogP contribution >= 0.6 is 6.78 Å². The molecule has 86 valence electrons. The van der Waals surface area contributed by atoms with Gasteiger partial charge in [-0.05, 0) is 0 Å². The Morgan fingerprint density at radius 1 is 0.688 bits per heavy atom. The maximum absolute atomic E-state index is 7.50. The molecular formula is C9H9CrO5P. The van der Waals surface area contributed by atoms with Crippen molar-refractivity contribution in [3.63, 3.8) is 0 Å². The molecule has 7 heteroatoms. The molecule has 0 saturated heterocycles. The molecule has 0 amide bonds. The molecule has 0 aliphatic heterocycles. The van der Waals surface area contributed by atoms with E-state index in [1.165, 1.54) is 6.78 Å². The van der Waals surface area contributed by atoms with Crippen LogP contribution in [0.25, 0.3) is 0 Å². The number of hydrogen-bond acceptors (Lipinski definition) is 0. The van der Waals surface area contributed by atoms with Crippen molar-refractivity contribution < 1.29 is 38.6 Å². The van der Waals surface area contributed by atoms with Crippen LogP contribution in [0.4, 0.5) is 0 Å². The van der Waals surface area contributed by atoms with E-state index in [1.807, 2.05) is 0 Å². The van der Waals surface area contributed by atoms with Gasteiger partial charge in [0.2, 0.25) is 0 Å². The summed E-state index contributed by atoms with van der Waals surface area (Å²) in [6.07, 6.45) is 0. The van der Waals surface area contributed by atoms with Gasteiger partial charge in [0.05, 0.1) is 0 Å². The summed E-state index contributed by atoms with van der Waals surface area (Å²) in [5.74, 6) is 0. The van der Waals surface area contributed by atoms with Gasteiger partial charge in [0.1, 0.15) is 0 Å². The van der Waals surface area contributed by atoms with E-state index < -0.39 is 0 Å². The van der Waals surface area contributed by atoms with Crippen molar-refractivity contribution in [2.24, 2.45) is 0 Å². The van der Waals surface area contributed by atoms with Gasteiger partial charge < -0.3 is 0 Å². The maximum atomic E-state index is 7.50. The van der Waals surface area contributed by atoms with Gasteiger partial charge in [-0.2, -0.15) is 0 Å². The van der Waals surface area contributed by atoms with E-state index in [9.17, 15) is 0 Å². The summed E-state index contributed by atoms with van der Waals surface area (Å²) >= 11 is 2.95. The normalized spacial score (nSPS) is 5.31. The first-order valence-electron chi connectivity index (χ1n) is 2.93. The van der Waals surface area contributed by atoms with Crippen LogP contribution in [0.1, 0.15) is 20.8 Å². The predicted molar refractivity (Wildman–Crippen MR) is 46.3 cm³/mol. The van der Waals surface area contributed by atoms with Crippen molar-refractivity contribution in [3.8, 4) is 0 Å². The van der Waals surface area contributed by atoms with Crippen molar-refractivity contribution in [2.75, 3.05) is 0 Å². The standard InChI is InChI=1S/C4H9P.5CO.Cr/c1-4(2,3)5;5*1-2;/h1-3H3;;;;;;. The Balaban J connectivity index is -0.0000000214. The topological polar surface area (TPSA) is 99.5 Å². The van der Waals surface area contributed by atoms with Crippen molar-refractivity contribution in [2.45, 2.75) is 25.9 Å². The van der Waals surface area contributed by atoms with Crippen molar-refractivity contribution in [3.05, 3.63) is 33.3 Å². The molecule has 0 atom stereocenters. The molecule has 0 aromatic heterocycles. The summed E-state index contributed by atoms with van der Waals surface area (Å²) in [6.45, 7) is 30.4. The van der Waals surface area contributed by atoms with E-state index in [1.54, 1.807) is 0 Å². The van der Waals surface area contributed by atoms with Gasteiger partial charge in [0.15, 0.2) is 0 Å². The number of hydrogen-bond donors (Lipinski definition) is 0. The summed E-state index contributed by atoms with van der Waals surface area (Å²) < 4.78 is 37.5. The van der Waals surface area contributed by atoms with Gasteiger partial charge in [-0.1, -0.05) is 0 Å². The van der Waals surface area contributed by atoms with Crippen LogP contribution in [0.5, 0.6) is 0 Å². The molecule has 0 heterocycles. The van der Waals surface area contributed by atoms with Crippen LogP contribution in [0.15, 0.2) is 0 Å². The molecule has 0 rings (SSSR count). The van der Waals surface area contributed by atoms with Gasteiger partial charge in [-0.25, -0.2) is 0 Å². The van der Waals surface area contributed by atoms with Gasteiger partial charge in [0.25, 0.3) is 0 Å². The number of rotatable bonds is 0. The third kappa shape index (κ3) is 331. The van der Waals surface area contributed by atoms with Crippen LogP contribution in [0, 0.1) is 33.3 Å². The minimum atomic E-state index is 0.458. The molecule has 0 unspecified atom stereocenters. The minimum absolute atomic E-state index is 0.458.